The number of fused-ring (bicyclic) bond motifs is 1. The molecule has 0 radical (unpaired) electrons. The lowest BCUT2D eigenvalue weighted by molar-refractivity contribution is -0.132. The van der Waals surface area contributed by atoms with Crippen molar-refractivity contribution in [1.29, 1.82) is 0 Å². The first-order valence-electron chi connectivity index (χ1n) is 7.59. The van der Waals surface area contributed by atoms with Gasteiger partial charge in [-0.25, -0.2) is 4.98 Å². The summed E-state index contributed by atoms with van der Waals surface area (Å²) in [5.41, 5.74) is 0.563. The van der Waals surface area contributed by atoms with E-state index in [-0.39, 0.29) is 24.1 Å². The molecule has 3 rings (SSSR count). The molecule has 6 heteroatoms. The zero-order valence-electron chi connectivity index (χ0n) is 12.6. The minimum atomic E-state index is -0.134. The van der Waals surface area contributed by atoms with E-state index in [0.29, 0.717) is 16.8 Å². The molecule has 2 aromatic heterocycles. The van der Waals surface area contributed by atoms with Crippen LogP contribution in [0.25, 0.3) is 10.2 Å². The van der Waals surface area contributed by atoms with E-state index in [1.807, 2.05) is 22.4 Å². The Morgan fingerprint density at radius 3 is 3.18 bits per heavy atom. The minimum absolute atomic E-state index is 0.0223. The van der Waals surface area contributed by atoms with Crippen molar-refractivity contribution >= 4 is 27.5 Å². The van der Waals surface area contributed by atoms with Crippen LogP contribution in [0.4, 0.5) is 0 Å². The van der Waals surface area contributed by atoms with E-state index in [1.165, 1.54) is 22.2 Å². The van der Waals surface area contributed by atoms with Gasteiger partial charge in [0.15, 0.2) is 0 Å². The fraction of sp³-hybridized carbons (Fsp3) is 0.438. The zero-order valence-corrected chi connectivity index (χ0v) is 13.4. The molecule has 22 heavy (non-hydrogen) atoms. The summed E-state index contributed by atoms with van der Waals surface area (Å²) in [6.07, 6.45) is 8.79. The first-order valence-corrected chi connectivity index (χ1v) is 8.47. The molecule has 0 spiro atoms. The number of hydrogen-bond donors (Lipinski definition) is 0. The molecular weight excluding hydrogens is 298 g/mol. The number of aromatic nitrogens is 2. The summed E-state index contributed by atoms with van der Waals surface area (Å²) in [6.45, 7) is 2.84. The van der Waals surface area contributed by atoms with Gasteiger partial charge in [0.1, 0.15) is 11.2 Å². The molecule has 2 aromatic rings. The molecule has 0 unspecified atom stereocenters. The topological polar surface area (TPSA) is 55.2 Å². The fourth-order valence-corrected chi connectivity index (χ4v) is 3.54. The lowest BCUT2D eigenvalue weighted by Gasteiger charge is -2.24. The van der Waals surface area contributed by atoms with Crippen LogP contribution in [0.1, 0.15) is 26.2 Å². The molecule has 116 valence electrons. The summed E-state index contributed by atoms with van der Waals surface area (Å²) >= 11 is 1.37. The van der Waals surface area contributed by atoms with Crippen LogP contribution < -0.4 is 5.56 Å². The van der Waals surface area contributed by atoms with Gasteiger partial charge in [-0.05, 0) is 17.9 Å². The van der Waals surface area contributed by atoms with Crippen molar-refractivity contribution in [3.63, 3.8) is 0 Å². The number of rotatable bonds is 5. The van der Waals surface area contributed by atoms with Gasteiger partial charge < -0.3 is 4.90 Å². The van der Waals surface area contributed by atoms with Gasteiger partial charge in [-0.15, -0.1) is 11.3 Å². The van der Waals surface area contributed by atoms with Crippen LogP contribution in [0.15, 0.2) is 34.7 Å². The highest BCUT2D eigenvalue weighted by Gasteiger charge is 2.24. The highest BCUT2D eigenvalue weighted by molar-refractivity contribution is 7.17. The van der Waals surface area contributed by atoms with E-state index in [4.69, 9.17) is 0 Å². The number of unbranched alkanes of at least 4 members (excludes halogenated alkanes) is 1. The molecule has 0 aromatic carbocycles. The number of nitrogens with zero attached hydrogens (tertiary/aromatic N) is 3. The summed E-state index contributed by atoms with van der Waals surface area (Å²) in [6, 6.07) is 1.99. The fourth-order valence-electron chi connectivity index (χ4n) is 2.75. The highest BCUT2D eigenvalue weighted by atomic mass is 32.1. The second kappa shape index (κ2) is 6.44. The average Bonchev–Trinajstić information content (AvgIpc) is 3.16. The van der Waals surface area contributed by atoms with Crippen LogP contribution in [0, 0.1) is 0 Å². The van der Waals surface area contributed by atoms with Gasteiger partial charge in [-0.2, -0.15) is 0 Å². The lowest BCUT2D eigenvalue weighted by Crippen LogP contribution is -2.40. The van der Waals surface area contributed by atoms with Crippen LogP contribution in [-0.2, 0) is 11.3 Å². The number of amides is 1. The first kappa shape index (κ1) is 15.0. The summed E-state index contributed by atoms with van der Waals surface area (Å²) < 4.78 is 2.02. The van der Waals surface area contributed by atoms with E-state index in [2.05, 4.69) is 18.0 Å². The van der Waals surface area contributed by atoms with Crippen molar-refractivity contribution in [2.24, 2.45) is 0 Å². The molecule has 0 N–H and O–H groups in total. The Labute approximate surface area is 132 Å². The van der Waals surface area contributed by atoms with Crippen molar-refractivity contribution in [3.8, 4) is 0 Å². The van der Waals surface area contributed by atoms with Gasteiger partial charge in [0.25, 0.3) is 5.56 Å². The molecular formula is C16H19N3O2S. The van der Waals surface area contributed by atoms with Crippen LogP contribution in [0.3, 0.4) is 0 Å². The molecule has 5 nitrogen and oxygen atoms in total. The normalized spacial score (nSPS) is 17.5. The molecule has 0 saturated heterocycles. The predicted octanol–water partition coefficient (Wildman–Crippen LogP) is 2.42. The Morgan fingerprint density at radius 2 is 2.36 bits per heavy atom. The average molecular weight is 317 g/mol. The summed E-state index contributed by atoms with van der Waals surface area (Å²) in [4.78, 5) is 30.9. The maximum Gasteiger partial charge on any atom is 0.271 e. The van der Waals surface area contributed by atoms with Gasteiger partial charge in [0.2, 0.25) is 5.91 Å². The van der Waals surface area contributed by atoms with Crippen molar-refractivity contribution in [2.45, 2.75) is 38.8 Å². The second-order valence-corrected chi connectivity index (χ2v) is 6.41. The third-order valence-corrected chi connectivity index (χ3v) is 4.87. The number of carbonyl (C=O) groups is 1. The van der Waals surface area contributed by atoms with E-state index >= 15 is 0 Å². The minimum Gasteiger partial charge on any atom is -0.331 e. The standard InChI is InChI=1S/C16H19N3O2S/c1-2-3-5-12-6-4-8-19(12)14(20)10-18-11-17-13-7-9-22-15(13)16(18)21/h4,6-7,9,11-12H,2-3,5,8,10H2,1H3/t12-/m0/s1. The van der Waals surface area contributed by atoms with Crippen molar-refractivity contribution in [3.05, 3.63) is 40.3 Å². The maximum absolute atomic E-state index is 12.5. The summed E-state index contributed by atoms with van der Waals surface area (Å²) in [7, 11) is 0. The van der Waals surface area contributed by atoms with E-state index in [0.717, 1.165) is 19.3 Å². The van der Waals surface area contributed by atoms with Crippen molar-refractivity contribution < 1.29 is 4.79 Å². The quantitative estimate of drug-likeness (QED) is 0.796. The second-order valence-electron chi connectivity index (χ2n) is 5.50. The van der Waals surface area contributed by atoms with Crippen LogP contribution in [0.5, 0.6) is 0 Å². The Bertz CT molecular complexity index is 762. The Hall–Kier alpha value is -1.95. The van der Waals surface area contributed by atoms with E-state index in [1.54, 1.807) is 0 Å². The Balaban J connectivity index is 1.75. The lowest BCUT2D eigenvalue weighted by atomic mass is 10.1. The first-order chi connectivity index (χ1) is 10.7. The summed E-state index contributed by atoms with van der Waals surface area (Å²) in [5, 5.41) is 1.84. The SMILES string of the molecule is CCCC[C@H]1C=CCN1C(=O)Cn1cnc2ccsc2c1=O. The molecule has 1 aliphatic rings. The zero-order chi connectivity index (χ0) is 15.5. The van der Waals surface area contributed by atoms with Crippen LogP contribution in [-0.4, -0.2) is 32.9 Å². The van der Waals surface area contributed by atoms with Gasteiger partial charge in [-0.3, -0.25) is 14.2 Å². The molecule has 1 atom stereocenters. The molecule has 3 heterocycles. The Kier molecular flexibility index (Phi) is 4.38. The number of carbonyl (C=O) groups excluding carboxylic acids is 1. The van der Waals surface area contributed by atoms with Gasteiger partial charge in [0, 0.05) is 6.54 Å². The van der Waals surface area contributed by atoms with Crippen LogP contribution >= 0.6 is 11.3 Å². The van der Waals surface area contributed by atoms with Crippen molar-refractivity contribution in [2.75, 3.05) is 6.54 Å². The van der Waals surface area contributed by atoms with Gasteiger partial charge in [-0.1, -0.05) is 31.9 Å². The number of thiophene rings is 1. The Morgan fingerprint density at radius 1 is 1.50 bits per heavy atom. The number of hydrogen-bond acceptors (Lipinski definition) is 4. The van der Waals surface area contributed by atoms with Crippen molar-refractivity contribution in [1.82, 2.24) is 14.5 Å². The maximum atomic E-state index is 12.5. The van der Waals surface area contributed by atoms with Gasteiger partial charge in [0.05, 0.1) is 17.9 Å². The monoisotopic (exact) mass is 317 g/mol. The third-order valence-electron chi connectivity index (χ3n) is 3.98. The van der Waals surface area contributed by atoms with Gasteiger partial charge >= 0.3 is 0 Å². The third kappa shape index (κ3) is 2.83. The predicted molar refractivity (Wildman–Crippen MR) is 88.0 cm³/mol. The largest absolute Gasteiger partial charge is 0.331 e. The molecule has 1 aliphatic heterocycles. The highest BCUT2D eigenvalue weighted by Crippen LogP contribution is 2.17. The molecule has 0 fully saturated rings. The molecule has 0 bridgehead atoms. The molecule has 0 saturated carbocycles. The summed E-state index contributed by atoms with van der Waals surface area (Å²) in [5.74, 6) is -0.0223. The molecule has 0 aliphatic carbocycles. The van der Waals surface area contributed by atoms with E-state index in [9.17, 15) is 9.59 Å². The van der Waals surface area contributed by atoms with E-state index < -0.39 is 0 Å². The molecule has 1 amide bonds. The smallest absolute Gasteiger partial charge is 0.271 e. The van der Waals surface area contributed by atoms with Crippen LogP contribution in [0.2, 0.25) is 0 Å².